The molecular weight excluding hydrogens is 192 g/mol. The average molecular weight is 203 g/mol. The maximum Gasteiger partial charge on any atom is 0.339 e. The van der Waals surface area contributed by atoms with Gasteiger partial charge in [0.05, 0.1) is 12.2 Å². The first-order valence-electron chi connectivity index (χ1n) is 3.62. The first-order valence-corrected chi connectivity index (χ1v) is 3.62. The van der Waals surface area contributed by atoms with Gasteiger partial charge in [0.2, 0.25) is 0 Å². The molecule has 0 bridgehead atoms. The van der Waals surface area contributed by atoms with E-state index in [1.807, 2.05) is 0 Å². The fraction of sp³-hybridized carbons (Fsp3) is 0.250. The molecule has 5 heteroatoms. The SMILES string of the molecule is CCOC(=O)c1ccc(N)nc1.Cl. The van der Waals surface area contributed by atoms with Crippen LogP contribution >= 0.6 is 12.4 Å². The molecule has 2 N–H and O–H groups in total. The molecule has 72 valence electrons. The summed E-state index contributed by atoms with van der Waals surface area (Å²) in [6, 6.07) is 3.15. The standard InChI is InChI=1S/C8H10N2O2.ClH/c1-2-12-8(11)6-3-4-7(9)10-5-6;/h3-5H,2H2,1H3,(H2,9,10);1H. The van der Waals surface area contributed by atoms with Crippen molar-refractivity contribution in [2.45, 2.75) is 6.92 Å². The molecule has 0 aliphatic carbocycles. The van der Waals surface area contributed by atoms with Crippen molar-refractivity contribution in [3.63, 3.8) is 0 Å². The molecule has 0 aliphatic heterocycles. The number of ether oxygens (including phenoxy) is 1. The van der Waals surface area contributed by atoms with Crippen LogP contribution in [-0.4, -0.2) is 17.6 Å². The summed E-state index contributed by atoms with van der Waals surface area (Å²) in [4.78, 5) is 14.8. The Morgan fingerprint density at radius 1 is 1.62 bits per heavy atom. The van der Waals surface area contributed by atoms with Gasteiger partial charge in [-0.15, -0.1) is 12.4 Å². The topological polar surface area (TPSA) is 65.2 Å². The zero-order chi connectivity index (χ0) is 8.97. The zero-order valence-corrected chi connectivity index (χ0v) is 8.00. The van der Waals surface area contributed by atoms with Gasteiger partial charge in [0, 0.05) is 6.20 Å². The monoisotopic (exact) mass is 202 g/mol. The van der Waals surface area contributed by atoms with Gasteiger partial charge < -0.3 is 10.5 Å². The summed E-state index contributed by atoms with van der Waals surface area (Å²) >= 11 is 0. The number of rotatable bonds is 2. The number of carbonyl (C=O) groups is 1. The Balaban J connectivity index is 0.00000144. The number of anilines is 1. The highest BCUT2D eigenvalue weighted by molar-refractivity contribution is 5.89. The minimum atomic E-state index is -0.370. The molecule has 0 atom stereocenters. The van der Waals surface area contributed by atoms with Gasteiger partial charge in [-0.25, -0.2) is 9.78 Å². The third kappa shape index (κ3) is 3.29. The highest BCUT2D eigenvalue weighted by Gasteiger charge is 2.04. The van der Waals surface area contributed by atoms with Gasteiger partial charge >= 0.3 is 5.97 Å². The summed E-state index contributed by atoms with van der Waals surface area (Å²) in [5, 5.41) is 0. The lowest BCUT2D eigenvalue weighted by Crippen LogP contribution is -2.05. The highest BCUT2D eigenvalue weighted by Crippen LogP contribution is 2.02. The number of carbonyl (C=O) groups excluding carboxylic acids is 1. The molecule has 0 fully saturated rings. The number of nitrogens with zero attached hydrogens (tertiary/aromatic N) is 1. The van der Waals surface area contributed by atoms with Gasteiger partial charge in [-0.1, -0.05) is 0 Å². The average Bonchev–Trinajstić information content (AvgIpc) is 2.06. The van der Waals surface area contributed by atoms with Crippen molar-refractivity contribution in [3.05, 3.63) is 23.9 Å². The minimum Gasteiger partial charge on any atom is -0.462 e. The summed E-state index contributed by atoms with van der Waals surface area (Å²) in [6.45, 7) is 2.12. The first kappa shape index (κ1) is 11.7. The molecule has 0 unspecified atom stereocenters. The number of nitrogen functional groups attached to an aromatic ring is 1. The number of halogens is 1. The number of esters is 1. The molecule has 13 heavy (non-hydrogen) atoms. The Hall–Kier alpha value is -1.29. The predicted molar refractivity (Wildman–Crippen MR) is 51.9 cm³/mol. The summed E-state index contributed by atoms with van der Waals surface area (Å²) < 4.78 is 4.75. The molecule has 1 aromatic heterocycles. The van der Waals surface area contributed by atoms with Crippen LogP contribution in [0.3, 0.4) is 0 Å². The lowest BCUT2D eigenvalue weighted by molar-refractivity contribution is 0.0526. The third-order valence-corrected chi connectivity index (χ3v) is 1.30. The second kappa shape index (κ2) is 5.37. The molecule has 1 aromatic rings. The maximum absolute atomic E-state index is 11.1. The fourth-order valence-electron chi connectivity index (χ4n) is 0.740. The zero-order valence-electron chi connectivity index (χ0n) is 7.19. The smallest absolute Gasteiger partial charge is 0.339 e. The second-order valence-corrected chi connectivity index (χ2v) is 2.19. The lowest BCUT2D eigenvalue weighted by Gasteiger charge is -2.00. The van der Waals surface area contributed by atoms with E-state index in [-0.39, 0.29) is 18.4 Å². The van der Waals surface area contributed by atoms with Gasteiger partial charge in [-0.05, 0) is 19.1 Å². The molecule has 4 nitrogen and oxygen atoms in total. The molecule has 0 spiro atoms. The minimum absolute atomic E-state index is 0. The number of hydrogen-bond acceptors (Lipinski definition) is 4. The second-order valence-electron chi connectivity index (χ2n) is 2.19. The van der Waals surface area contributed by atoms with E-state index in [1.165, 1.54) is 6.20 Å². The van der Waals surface area contributed by atoms with Crippen molar-refractivity contribution in [2.75, 3.05) is 12.3 Å². The van der Waals surface area contributed by atoms with E-state index in [0.29, 0.717) is 18.0 Å². The number of aromatic nitrogens is 1. The molecule has 0 aromatic carbocycles. The molecule has 0 saturated carbocycles. The van der Waals surface area contributed by atoms with E-state index in [9.17, 15) is 4.79 Å². The van der Waals surface area contributed by atoms with Crippen LogP contribution in [0.1, 0.15) is 17.3 Å². The van der Waals surface area contributed by atoms with E-state index < -0.39 is 0 Å². The van der Waals surface area contributed by atoms with Crippen LogP contribution in [0.4, 0.5) is 5.82 Å². The molecule has 0 saturated heterocycles. The van der Waals surface area contributed by atoms with Gasteiger partial charge in [-0.3, -0.25) is 0 Å². The van der Waals surface area contributed by atoms with Crippen molar-refractivity contribution >= 4 is 24.2 Å². The van der Waals surface area contributed by atoms with Crippen LogP contribution < -0.4 is 5.73 Å². The Morgan fingerprint density at radius 2 is 2.31 bits per heavy atom. The molecule has 1 rings (SSSR count). The van der Waals surface area contributed by atoms with Crippen molar-refractivity contribution in [1.82, 2.24) is 4.98 Å². The van der Waals surface area contributed by atoms with Crippen molar-refractivity contribution < 1.29 is 9.53 Å². The molecule has 0 aliphatic rings. The van der Waals surface area contributed by atoms with Crippen molar-refractivity contribution in [1.29, 1.82) is 0 Å². The number of hydrogen-bond donors (Lipinski definition) is 1. The molecule has 0 radical (unpaired) electrons. The molecular formula is C8H11ClN2O2. The van der Waals surface area contributed by atoms with Crippen LogP contribution in [0.15, 0.2) is 18.3 Å². The van der Waals surface area contributed by atoms with E-state index in [2.05, 4.69) is 4.98 Å². The quantitative estimate of drug-likeness (QED) is 0.734. The Bertz CT molecular complexity index is 274. The van der Waals surface area contributed by atoms with Crippen LogP contribution in [0, 0.1) is 0 Å². The largest absolute Gasteiger partial charge is 0.462 e. The summed E-state index contributed by atoms with van der Waals surface area (Å²) in [7, 11) is 0. The van der Waals surface area contributed by atoms with E-state index in [0.717, 1.165) is 0 Å². The highest BCUT2D eigenvalue weighted by atomic mass is 35.5. The normalized spacial score (nSPS) is 8.69. The molecule has 1 heterocycles. The third-order valence-electron chi connectivity index (χ3n) is 1.30. The Kier molecular flexibility index (Phi) is 4.84. The Morgan fingerprint density at radius 3 is 2.77 bits per heavy atom. The van der Waals surface area contributed by atoms with Gasteiger partial charge in [0.1, 0.15) is 5.82 Å². The van der Waals surface area contributed by atoms with E-state index in [1.54, 1.807) is 19.1 Å². The van der Waals surface area contributed by atoms with Crippen molar-refractivity contribution in [3.8, 4) is 0 Å². The van der Waals surface area contributed by atoms with Gasteiger partial charge in [-0.2, -0.15) is 0 Å². The van der Waals surface area contributed by atoms with Crippen LogP contribution in [-0.2, 0) is 4.74 Å². The van der Waals surface area contributed by atoms with Crippen LogP contribution in [0.5, 0.6) is 0 Å². The maximum atomic E-state index is 11.1. The van der Waals surface area contributed by atoms with Gasteiger partial charge in [0.15, 0.2) is 0 Å². The van der Waals surface area contributed by atoms with Crippen molar-refractivity contribution in [2.24, 2.45) is 0 Å². The number of pyridine rings is 1. The lowest BCUT2D eigenvalue weighted by atomic mass is 10.3. The van der Waals surface area contributed by atoms with E-state index in [4.69, 9.17) is 10.5 Å². The van der Waals surface area contributed by atoms with Crippen LogP contribution in [0.25, 0.3) is 0 Å². The summed E-state index contributed by atoms with van der Waals surface area (Å²) in [5.74, 6) is 0.0213. The first-order chi connectivity index (χ1) is 5.74. The predicted octanol–water partition coefficient (Wildman–Crippen LogP) is 1.26. The number of nitrogens with two attached hydrogens (primary N) is 1. The van der Waals surface area contributed by atoms with Gasteiger partial charge in [0.25, 0.3) is 0 Å². The molecule has 0 amide bonds. The Labute approximate surface area is 82.5 Å². The van der Waals surface area contributed by atoms with Crippen LogP contribution in [0.2, 0.25) is 0 Å². The van der Waals surface area contributed by atoms with E-state index >= 15 is 0 Å². The fourth-order valence-corrected chi connectivity index (χ4v) is 0.740. The summed E-state index contributed by atoms with van der Waals surface area (Å²) in [5.41, 5.74) is 5.76. The summed E-state index contributed by atoms with van der Waals surface area (Å²) in [6.07, 6.45) is 1.40.